The molecule has 0 aliphatic rings. The summed E-state index contributed by atoms with van der Waals surface area (Å²) in [6.45, 7) is 1.86. The van der Waals surface area contributed by atoms with Crippen LogP contribution in [0.5, 0.6) is 0 Å². The number of alkyl halides is 3. The summed E-state index contributed by atoms with van der Waals surface area (Å²) in [7, 11) is 0. The molecule has 0 unspecified atom stereocenters. The van der Waals surface area contributed by atoms with Gasteiger partial charge in [-0.2, -0.15) is 13.2 Å². The van der Waals surface area contributed by atoms with Gasteiger partial charge in [0, 0.05) is 4.90 Å². The number of thioether (sulfide) groups is 1. The van der Waals surface area contributed by atoms with E-state index < -0.39 is 11.7 Å². The van der Waals surface area contributed by atoms with Crippen LogP contribution in [-0.4, -0.2) is 6.26 Å². The largest absolute Gasteiger partial charge is 0.416 e. The summed E-state index contributed by atoms with van der Waals surface area (Å²) in [6.07, 6.45) is -1.75. The molecule has 0 N–H and O–H groups in total. The Labute approximate surface area is 85.5 Å². The van der Waals surface area contributed by atoms with Crippen LogP contribution >= 0.6 is 11.8 Å². The molecular weight excluding hydrogens is 209 g/mol. The van der Waals surface area contributed by atoms with E-state index in [1.54, 1.807) is 0 Å². The maximum Gasteiger partial charge on any atom is 0.416 e. The van der Waals surface area contributed by atoms with E-state index in [2.05, 4.69) is 0 Å². The van der Waals surface area contributed by atoms with E-state index in [1.807, 2.05) is 13.2 Å². The molecule has 1 aromatic carbocycles. The minimum Gasteiger partial charge on any atom is -0.166 e. The molecule has 1 aromatic rings. The molecule has 4 heteroatoms. The second-order valence-electron chi connectivity index (χ2n) is 2.88. The molecule has 0 heterocycles. The van der Waals surface area contributed by atoms with Crippen molar-refractivity contribution >= 4 is 11.8 Å². The average Bonchev–Trinajstić information content (AvgIpc) is 2.15. The predicted octanol–water partition coefficient (Wildman–Crippen LogP) is 3.99. The van der Waals surface area contributed by atoms with Crippen molar-refractivity contribution in [1.82, 2.24) is 0 Å². The first-order chi connectivity index (χ1) is 6.49. The first-order valence-corrected chi connectivity index (χ1v) is 5.45. The fraction of sp³-hybridized carbons (Fsp3) is 0.400. The van der Waals surface area contributed by atoms with Crippen LogP contribution in [0.1, 0.15) is 18.1 Å². The molecule has 0 aliphatic carbocycles. The summed E-state index contributed by atoms with van der Waals surface area (Å²) in [5.74, 6) is 0. The number of benzene rings is 1. The van der Waals surface area contributed by atoms with E-state index in [0.717, 1.165) is 16.5 Å². The van der Waals surface area contributed by atoms with Crippen LogP contribution in [0.3, 0.4) is 0 Å². The molecule has 0 saturated carbocycles. The lowest BCUT2D eigenvalue weighted by Crippen LogP contribution is -2.05. The quantitative estimate of drug-likeness (QED) is 0.679. The second-order valence-corrected chi connectivity index (χ2v) is 3.73. The van der Waals surface area contributed by atoms with Gasteiger partial charge in [0.15, 0.2) is 0 Å². The van der Waals surface area contributed by atoms with Gasteiger partial charge >= 0.3 is 6.18 Å². The van der Waals surface area contributed by atoms with E-state index in [0.29, 0.717) is 6.42 Å². The van der Waals surface area contributed by atoms with Gasteiger partial charge in [-0.1, -0.05) is 6.92 Å². The lowest BCUT2D eigenvalue weighted by atomic mass is 10.1. The fourth-order valence-corrected chi connectivity index (χ4v) is 1.90. The molecule has 0 nitrogen and oxygen atoms in total. The van der Waals surface area contributed by atoms with Gasteiger partial charge < -0.3 is 0 Å². The third-order valence-corrected chi connectivity index (χ3v) is 2.83. The van der Waals surface area contributed by atoms with E-state index in [1.165, 1.54) is 23.9 Å². The Morgan fingerprint density at radius 3 is 2.36 bits per heavy atom. The van der Waals surface area contributed by atoms with Crippen LogP contribution in [0.15, 0.2) is 23.1 Å². The van der Waals surface area contributed by atoms with Crippen molar-refractivity contribution in [2.75, 3.05) is 6.26 Å². The van der Waals surface area contributed by atoms with Crippen LogP contribution < -0.4 is 0 Å². The van der Waals surface area contributed by atoms with E-state index in [4.69, 9.17) is 0 Å². The number of halogens is 3. The molecule has 0 spiro atoms. The Morgan fingerprint density at radius 1 is 1.29 bits per heavy atom. The Morgan fingerprint density at radius 2 is 1.93 bits per heavy atom. The van der Waals surface area contributed by atoms with Gasteiger partial charge in [-0.3, -0.25) is 0 Å². The second kappa shape index (κ2) is 4.26. The van der Waals surface area contributed by atoms with Crippen molar-refractivity contribution in [3.8, 4) is 0 Å². The highest BCUT2D eigenvalue weighted by molar-refractivity contribution is 7.98. The summed E-state index contributed by atoms with van der Waals surface area (Å²) < 4.78 is 37.0. The molecule has 0 atom stereocenters. The maximum atomic E-state index is 12.3. The van der Waals surface area contributed by atoms with Gasteiger partial charge in [-0.25, -0.2) is 0 Å². The molecule has 0 fully saturated rings. The lowest BCUT2D eigenvalue weighted by Gasteiger charge is -2.10. The van der Waals surface area contributed by atoms with Crippen molar-refractivity contribution in [3.05, 3.63) is 29.3 Å². The number of hydrogen-bond acceptors (Lipinski definition) is 1. The van der Waals surface area contributed by atoms with Crippen molar-refractivity contribution in [2.24, 2.45) is 0 Å². The van der Waals surface area contributed by atoms with E-state index in [-0.39, 0.29) is 0 Å². The van der Waals surface area contributed by atoms with Crippen molar-refractivity contribution in [2.45, 2.75) is 24.4 Å². The minimum atomic E-state index is -4.24. The molecule has 0 radical (unpaired) electrons. The summed E-state index contributed by atoms with van der Waals surface area (Å²) >= 11 is 1.47. The molecule has 0 amide bonds. The van der Waals surface area contributed by atoms with Crippen LogP contribution in [0.4, 0.5) is 13.2 Å². The Kier molecular flexibility index (Phi) is 3.48. The van der Waals surface area contributed by atoms with Crippen molar-refractivity contribution < 1.29 is 13.2 Å². The SMILES string of the molecule is CCc1cc(C(F)(F)F)ccc1SC. The lowest BCUT2D eigenvalue weighted by molar-refractivity contribution is -0.137. The van der Waals surface area contributed by atoms with Gasteiger partial charge in [-0.15, -0.1) is 11.8 Å². The molecular formula is C10H11F3S. The first kappa shape index (κ1) is 11.4. The highest BCUT2D eigenvalue weighted by Crippen LogP contribution is 2.32. The molecule has 0 bridgehead atoms. The fourth-order valence-electron chi connectivity index (χ4n) is 1.23. The zero-order chi connectivity index (χ0) is 10.8. The maximum absolute atomic E-state index is 12.3. The number of rotatable bonds is 2. The van der Waals surface area contributed by atoms with Gasteiger partial charge in [0.05, 0.1) is 5.56 Å². The van der Waals surface area contributed by atoms with Crippen LogP contribution in [0.2, 0.25) is 0 Å². The topological polar surface area (TPSA) is 0 Å². The third-order valence-electron chi connectivity index (χ3n) is 1.99. The molecule has 1 rings (SSSR count). The average molecular weight is 220 g/mol. The standard InChI is InChI=1S/C10H11F3S/c1-3-7-6-8(10(11,12)13)4-5-9(7)14-2/h4-6H,3H2,1-2H3. The zero-order valence-corrected chi connectivity index (χ0v) is 8.80. The highest BCUT2D eigenvalue weighted by atomic mass is 32.2. The monoisotopic (exact) mass is 220 g/mol. The van der Waals surface area contributed by atoms with Crippen molar-refractivity contribution in [1.29, 1.82) is 0 Å². The van der Waals surface area contributed by atoms with Crippen molar-refractivity contribution in [3.63, 3.8) is 0 Å². The minimum absolute atomic E-state index is 0.563. The summed E-state index contributed by atoms with van der Waals surface area (Å²) in [5.41, 5.74) is 0.194. The smallest absolute Gasteiger partial charge is 0.166 e. The molecule has 0 saturated heterocycles. The number of hydrogen-bond donors (Lipinski definition) is 0. The molecule has 14 heavy (non-hydrogen) atoms. The number of aryl methyl sites for hydroxylation is 1. The van der Waals surface area contributed by atoms with Gasteiger partial charge in [0.25, 0.3) is 0 Å². The summed E-state index contributed by atoms with van der Waals surface area (Å²) in [6, 6.07) is 3.89. The highest BCUT2D eigenvalue weighted by Gasteiger charge is 2.30. The van der Waals surface area contributed by atoms with Crippen LogP contribution in [-0.2, 0) is 12.6 Å². The zero-order valence-electron chi connectivity index (χ0n) is 7.98. The Bertz CT molecular complexity index is 318. The Balaban J connectivity index is 3.14. The van der Waals surface area contributed by atoms with E-state index >= 15 is 0 Å². The van der Waals surface area contributed by atoms with Crippen LogP contribution in [0.25, 0.3) is 0 Å². The summed E-state index contributed by atoms with van der Waals surface area (Å²) in [5, 5.41) is 0. The third kappa shape index (κ3) is 2.44. The normalized spacial score (nSPS) is 11.8. The molecule has 78 valence electrons. The van der Waals surface area contributed by atoms with Crippen LogP contribution in [0, 0.1) is 0 Å². The Hall–Kier alpha value is -0.640. The molecule has 0 aromatic heterocycles. The van der Waals surface area contributed by atoms with E-state index in [9.17, 15) is 13.2 Å². The summed E-state index contributed by atoms with van der Waals surface area (Å²) in [4.78, 5) is 0.917. The van der Waals surface area contributed by atoms with Gasteiger partial charge in [-0.05, 0) is 36.4 Å². The van der Waals surface area contributed by atoms with Gasteiger partial charge in [0.1, 0.15) is 0 Å². The first-order valence-electron chi connectivity index (χ1n) is 4.23. The predicted molar refractivity (Wildman–Crippen MR) is 52.6 cm³/mol. The van der Waals surface area contributed by atoms with Gasteiger partial charge in [0.2, 0.25) is 0 Å². The molecule has 0 aliphatic heterocycles.